The van der Waals surface area contributed by atoms with Gasteiger partial charge in [0.15, 0.2) is 18.3 Å². The number of aromatic nitrogens is 1. The molecular formula is C23H20F2N2O4. The van der Waals surface area contributed by atoms with Crippen molar-refractivity contribution in [3.8, 4) is 11.3 Å². The molecule has 0 spiro atoms. The molecule has 0 aliphatic carbocycles. The molecule has 31 heavy (non-hydrogen) atoms. The van der Waals surface area contributed by atoms with Crippen LogP contribution in [0.25, 0.3) is 11.3 Å². The van der Waals surface area contributed by atoms with Crippen molar-refractivity contribution >= 4 is 11.9 Å². The number of carbonyl (C=O) groups excluding carboxylic acids is 2. The lowest BCUT2D eigenvalue weighted by Gasteiger charge is -2.28. The topological polar surface area (TPSA) is 72.6 Å². The van der Waals surface area contributed by atoms with Crippen LogP contribution in [-0.2, 0) is 33.7 Å². The van der Waals surface area contributed by atoms with Gasteiger partial charge in [-0.05, 0) is 29.7 Å². The summed E-state index contributed by atoms with van der Waals surface area (Å²) in [7, 11) is 0. The lowest BCUT2D eigenvalue weighted by molar-refractivity contribution is -0.152. The number of oxazole rings is 1. The first kappa shape index (κ1) is 20.7. The molecule has 0 radical (unpaired) electrons. The number of hydrogen-bond acceptors (Lipinski definition) is 5. The highest BCUT2D eigenvalue weighted by Crippen LogP contribution is 2.24. The van der Waals surface area contributed by atoms with Crippen molar-refractivity contribution < 1.29 is 27.5 Å². The van der Waals surface area contributed by atoms with E-state index in [0.29, 0.717) is 13.1 Å². The monoisotopic (exact) mass is 426 g/mol. The number of amides is 1. The molecule has 0 N–H and O–H groups in total. The third-order valence-corrected chi connectivity index (χ3v) is 5.13. The zero-order valence-corrected chi connectivity index (χ0v) is 16.6. The third kappa shape index (κ3) is 4.96. The molecule has 4 rings (SSSR count). The minimum atomic E-state index is -0.763. The third-order valence-electron chi connectivity index (χ3n) is 5.13. The van der Waals surface area contributed by atoms with Gasteiger partial charge in [0.2, 0.25) is 0 Å². The van der Waals surface area contributed by atoms with Crippen LogP contribution < -0.4 is 0 Å². The van der Waals surface area contributed by atoms with Crippen LogP contribution >= 0.6 is 0 Å². The van der Waals surface area contributed by atoms with E-state index in [1.807, 2.05) is 18.2 Å². The largest absolute Gasteiger partial charge is 0.456 e. The van der Waals surface area contributed by atoms with Crippen LogP contribution in [0.15, 0.2) is 53.1 Å². The van der Waals surface area contributed by atoms with E-state index in [9.17, 15) is 18.4 Å². The molecule has 1 aliphatic rings. The van der Waals surface area contributed by atoms with Crippen molar-refractivity contribution in [3.63, 3.8) is 0 Å². The number of halogens is 2. The maximum atomic E-state index is 13.8. The molecule has 160 valence electrons. The van der Waals surface area contributed by atoms with Gasteiger partial charge in [0.25, 0.3) is 5.91 Å². The number of esters is 1. The summed E-state index contributed by atoms with van der Waals surface area (Å²) in [4.78, 5) is 30.0. The number of fused-ring (bicyclic) bond motifs is 1. The lowest BCUT2D eigenvalue weighted by Crippen LogP contribution is -2.38. The van der Waals surface area contributed by atoms with Crippen molar-refractivity contribution in [3.05, 3.63) is 77.3 Å². The van der Waals surface area contributed by atoms with E-state index in [1.54, 1.807) is 4.90 Å². The van der Waals surface area contributed by atoms with Gasteiger partial charge in [-0.2, -0.15) is 0 Å². The van der Waals surface area contributed by atoms with Gasteiger partial charge in [0.05, 0.1) is 18.2 Å². The van der Waals surface area contributed by atoms with Crippen molar-refractivity contribution in [1.29, 1.82) is 0 Å². The quantitative estimate of drug-likeness (QED) is 0.563. The van der Waals surface area contributed by atoms with Gasteiger partial charge in [-0.1, -0.05) is 24.3 Å². The summed E-state index contributed by atoms with van der Waals surface area (Å²) in [5.74, 6) is -1.89. The number of aryl methyl sites for hydroxylation is 1. The predicted molar refractivity (Wildman–Crippen MR) is 107 cm³/mol. The summed E-state index contributed by atoms with van der Waals surface area (Å²) in [5, 5.41) is 0. The van der Waals surface area contributed by atoms with E-state index in [1.165, 1.54) is 17.8 Å². The Balaban J connectivity index is 1.25. The molecule has 6 nitrogen and oxygen atoms in total. The van der Waals surface area contributed by atoms with Gasteiger partial charge in [-0.3, -0.25) is 9.59 Å². The summed E-state index contributed by atoms with van der Waals surface area (Å²) < 4.78 is 37.4. The Bertz CT molecular complexity index is 1110. The molecule has 1 aliphatic heterocycles. The zero-order chi connectivity index (χ0) is 21.8. The second-order valence-corrected chi connectivity index (χ2v) is 7.24. The van der Waals surface area contributed by atoms with Crippen LogP contribution in [0.2, 0.25) is 0 Å². The van der Waals surface area contributed by atoms with Crippen LogP contribution in [0.1, 0.15) is 23.4 Å². The molecule has 0 atom stereocenters. The number of benzene rings is 2. The lowest BCUT2D eigenvalue weighted by atomic mass is 10.00. The molecule has 2 aromatic carbocycles. The number of rotatable bonds is 6. The Kier molecular flexibility index (Phi) is 6.06. The van der Waals surface area contributed by atoms with Crippen molar-refractivity contribution in [2.75, 3.05) is 13.2 Å². The molecule has 3 aromatic rings. The fourth-order valence-electron chi connectivity index (χ4n) is 3.46. The van der Waals surface area contributed by atoms with Crippen LogP contribution in [0, 0.1) is 11.6 Å². The Hall–Kier alpha value is -3.55. The molecule has 8 heteroatoms. The van der Waals surface area contributed by atoms with E-state index >= 15 is 0 Å². The molecule has 1 amide bonds. The van der Waals surface area contributed by atoms with E-state index in [2.05, 4.69) is 11.1 Å². The van der Waals surface area contributed by atoms with Gasteiger partial charge >= 0.3 is 5.97 Å². The molecule has 2 heterocycles. The van der Waals surface area contributed by atoms with Crippen LogP contribution in [0.5, 0.6) is 0 Å². The Morgan fingerprint density at radius 1 is 1.13 bits per heavy atom. The molecule has 0 saturated heterocycles. The van der Waals surface area contributed by atoms with Crippen LogP contribution in [0.3, 0.4) is 0 Å². The van der Waals surface area contributed by atoms with Crippen molar-refractivity contribution in [2.24, 2.45) is 0 Å². The van der Waals surface area contributed by atoms with E-state index in [0.717, 1.165) is 24.1 Å². The van der Waals surface area contributed by atoms with E-state index in [-0.39, 0.29) is 42.6 Å². The summed E-state index contributed by atoms with van der Waals surface area (Å²) in [6.45, 7) is 0.774. The first-order valence-electron chi connectivity index (χ1n) is 9.90. The van der Waals surface area contributed by atoms with Crippen LogP contribution in [-0.4, -0.2) is 34.9 Å². The standard InChI is InChI=1S/C23H20F2N2O4/c24-17-5-6-18(19(25)11-17)20-12-26-21(31-20)7-8-23(29)30-14-22(28)27-10-9-15-3-1-2-4-16(15)13-27/h1-6,11-12H,7-10,13-14H2. The molecule has 0 saturated carbocycles. The molecule has 0 bridgehead atoms. The Morgan fingerprint density at radius 3 is 2.74 bits per heavy atom. The highest BCUT2D eigenvalue weighted by atomic mass is 19.1. The number of carbonyl (C=O) groups is 2. The summed E-state index contributed by atoms with van der Waals surface area (Å²) in [5.41, 5.74) is 2.41. The smallest absolute Gasteiger partial charge is 0.306 e. The Morgan fingerprint density at radius 2 is 1.94 bits per heavy atom. The maximum Gasteiger partial charge on any atom is 0.306 e. The summed E-state index contributed by atoms with van der Waals surface area (Å²) in [6, 6.07) is 11.1. The van der Waals surface area contributed by atoms with Crippen LogP contribution in [0.4, 0.5) is 8.78 Å². The number of ether oxygens (including phenoxy) is 1. The number of nitrogens with zero attached hydrogens (tertiary/aromatic N) is 2. The highest BCUT2D eigenvalue weighted by molar-refractivity contribution is 5.81. The Labute approximate surface area is 177 Å². The van der Waals surface area contributed by atoms with Gasteiger partial charge in [-0.25, -0.2) is 13.8 Å². The molecular weight excluding hydrogens is 406 g/mol. The first-order chi connectivity index (χ1) is 15.0. The van der Waals surface area contributed by atoms with Crippen molar-refractivity contribution in [2.45, 2.75) is 25.8 Å². The average molecular weight is 426 g/mol. The average Bonchev–Trinajstić information content (AvgIpc) is 3.24. The van der Waals surface area contributed by atoms with E-state index in [4.69, 9.17) is 9.15 Å². The van der Waals surface area contributed by atoms with E-state index < -0.39 is 17.6 Å². The van der Waals surface area contributed by atoms with Gasteiger partial charge in [-0.15, -0.1) is 0 Å². The zero-order valence-electron chi connectivity index (χ0n) is 16.6. The minimum absolute atomic E-state index is 0.0397. The predicted octanol–water partition coefficient (Wildman–Crippen LogP) is 3.68. The summed E-state index contributed by atoms with van der Waals surface area (Å²) in [6.07, 6.45) is 2.18. The molecule has 0 fully saturated rings. The second kappa shape index (κ2) is 9.07. The summed E-state index contributed by atoms with van der Waals surface area (Å²) >= 11 is 0. The fourth-order valence-corrected chi connectivity index (χ4v) is 3.46. The normalized spacial score (nSPS) is 13.0. The molecule has 1 aromatic heterocycles. The number of hydrogen-bond donors (Lipinski definition) is 0. The van der Waals surface area contributed by atoms with Gasteiger partial charge in [0, 0.05) is 25.6 Å². The van der Waals surface area contributed by atoms with Crippen molar-refractivity contribution in [1.82, 2.24) is 9.88 Å². The highest BCUT2D eigenvalue weighted by Gasteiger charge is 2.21. The minimum Gasteiger partial charge on any atom is -0.456 e. The fraction of sp³-hybridized carbons (Fsp3) is 0.261. The van der Waals surface area contributed by atoms with Gasteiger partial charge in [0.1, 0.15) is 11.6 Å². The maximum absolute atomic E-state index is 13.8. The van der Waals surface area contributed by atoms with Gasteiger partial charge < -0.3 is 14.1 Å². The molecule has 0 unspecified atom stereocenters. The first-order valence-corrected chi connectivity index (χ1v) is 9.90. The SMILES string of the molecule is O=C(CCc1ncc(-c2ccc(F)cc2F)o1)OCC(=O)N1CCc2ccccc2C1. The second-order valence-electron chi connectivity index (χ2n) is 7.24.